The molecule has 0 aliphatic heterocycles. The molecular formula is C11H19Cl2FN2. The molecule has 0 aliphatic rings. The van der Waals surface area contributed by atoms with E-state index >= 15 is 0 Å². The summed E-state index contributed by atoms with van der Waals surface area (Å²) in [4.78, 5) is 0. The lowest BCUT2D eigenvalue weighted by molar-refractivity contribution is 0.616. The summed E-state index contributed by atoms with van der Waals surface area (Å²) in [7, 11) is 1.94. The van der Waals surface area contributed by atoms with Crippen LogP contribution in [0.15, 0.2) is 24.3 Å². The second-order valence-electron chi connectivity index (χ2n) is 3.26. The van der Waals surface area contributed by atoms with Gasteiger partial charge in [0.2, 0.25) is 0 Å². The average Bonchev–Trinajstić information content (AvgIpc) is 2.21. The zero-order valence-electron chi connectivity index (χ0n) is 9.33. The van der Waals surface area contributed by atoms with Crippen molar-refractivity contribution in [1.82, 2.24) is 10.6 Å². The predicted octanol–water partition coefficient (Wildman–Crippen LogP) is 2.37. The van der Waals surface area contributed by atoms with Crippen molar-refractivity contribution in [3.05, 3.63) is 35.6 Å². The Labute approximate surface area is 109 Å². The van der Waals surface area contributed by atoms with E-state index in [1.165, 1.54) is 12.1 Å². The highest BCUT2D eigenvalue weighted by Gasteiger charge is 1.92. The highest BCUT2D eigenvalue weighted by molar-refractivity contribution is 5.85. The zero-order valence-corrected chi connectivity index (χ0v) is 11.0. The molecule has 0 spiro atoms. The Kier molecular flexibility index (Phi) is 12.6. The monoisotopic (exact) mass is 268 g/mol. The largest absolute Gasteiger partial charge is 0.320 e. The van der Waals surface area contributed by atoms with Crippen molar-refractivity contribution in [2.24, 2.45) is 0 Å². The summed E-state index contributed by atoms with van der Waals surface area (Å²) in [6, 6.07) is 6.59. The molecule has 0 aromatic heterocycles. The van der Waals surface area contributed by atoms with Crippen LogP contribution in [0.2, 0.25) is 0 Å². The lowest BCUT2D eigenvalue weighted by atomic mass is 10.2. The van der Waals surface area contributed by atoms with Gasteiger partial charge in [-0.05, 0) is 44.3 Å². The van der Waals surface area contributed by atoms with Crippen molar-refractivity contribution in [3.8, 4) is 0 Å². The average molecular weight is 269 g/mol. The molecular weight excluding hydrogens is 250 g/mol. The van der Waals surface area contributed by atoms with Gasteiger partial charge in [0, 0.05) is 6.54 Å². The minimum Gasteiger partial charge on any atom is -0.320 e. The Balaban J connectivity index is 0. The summed E-state index contributed by atoms with van der Waals surface area (Å²) < 4.78 is 12.5. The number of benzene rings is 1. The third-order valence-electron chi connectivity index (χ3n) is 2.02. The van der Waals surface area contributed by atoms with Crippen LogP contribution >= 0.6 is 24.8 Å². The van der Waals surface area contributed by atoms with E-state index in [9.17, 15) is 4.39 Å². The lowest BCUT2D eigenvalue weighted by Gasteiger charge is -2.04. The first-order valence-corrected chi connectivity index (χ1v) is 4.92. The molecule has 2 N–H and O–H groups in total. The van der Waals surface area contributed by atoms with Gasteiger partial charge in [0.1, 0.15) is 5.82 Å². The van der Waals surface area contributed by atoms with Crippen LogP contribution in [0.4, 0.5) is 4.39 Å². The highest BCUT2D eigenvalue weighted by atomic mass is 35.5. The fourth-order valence-electron chi connectivity index (χ4n) is 1.23. The minimum absolute atomic E-state index is 0. The number of hydrogen-bond donors (Lipinski definition) is 2. The summed E-state index contributed by atoms with van der Waals surface area (Å²) in [6.45, 7) is 2.82. The van der Waals surface area contributed by atoms with Gasteiger partial charge in [-0.25, -0.2) is 4.39 Å². The van der Waals surface area contributed by atoms with Crippen LogP contribution in [0.25, 0.3) is 0 Å². The molecule has 0 saturated carbocycles. The van der Waals surface area contributed by atoms with Crippen LogP contribution in [0.5, 0.6) is 0 Å². The molecule has 94 valence electrons. The fourth-order valence-corrected chi connectivity index (χ4v) is 1.23. The third-order valence-corrected chi connectivity index (χ3v) is 2.02. The van der Waals surface area contributed by atoms with Gasteiger partial charge in [-0.15, -0.1) is 24.8 Å². The summed E-state index contributed by atoms with van der Waals surface area (Å²) >= 11 is 0. The molecule has 16 heavy (non-hydrogen) atoms. The first kappa shape index (κ1) is 18.0. The molecule has 1 rings (SSSR count). The van der Waals surface area contributed by atoms with Crippen molar-refractivity contribution in [2.75, 3.05) is 20.1 Å². The van der Waals surface area contributed by atoms with Gasteiger partial charge in [0.05, 0.1) is 0 Å². The van der Waals surface area contributed by atoms with Gasteiger partial charge in [-0.1, -0.05) is 12.1 Å². The van der Waals surface area contributed by atoms with E-state index in [1.54, 1.807) is 12.1 Å². The number of nitrogens with one attached hydrogen (secondary N) is 2. The first-order valence-electron chi connectivity index (χ1n) is 4.92. The van der Waals surface area contributed by atoms with E-state index in [4.69, 9.17) is 0 Å². The SMILES string of the molecule is CNCCCNCc1ccc(F)cc1.Cl.Cl. The number of hydrogen-bond acceptors (Lipinski definition) is 2. The second-order valence-corrected chi connectivity index (χ2v) is 3.26. The van der Waals surface area contributed by atoms with Crippen LogP contribution in [0.3, 0.4) is 0 Å². The molecule has 0 unspecified atom stereocenters. The summed E-state index contributed by atoms with van der Waals surface area (Å²) in [6.07, 6.45) is 1.11. The Morgan fingerprint density at radius 3 is 2.25 bits per heavy atom. The van der Waals surface area contributed by atoms with Crippen LogP contribution in [0, 0.1) is 5.82 Å². The van der Waals surface area contributed by atoms with Crippen molar-refractivity contribution in [2.45, 2.75) is 13.0 Å². The van der Waals surface area contributed by atoms with Gasteiger partial charge >= 0.3 is 0 Å². The second kappa shape index (κ2) is 11.1. The molecule has 2 nitrogen and oxygen atoms in total. The van der Waals surface area contributed by atoms with Crippen LogP contribution < -0.4 is 10.6 Å². The zero-order chi connectivity index (χ0) is 10.2. The fraction of sp³-hybridized carbons (Fsp3) is 0.455. The molecule has 0 bridgehead atoms. The van der Waals surface area contributed by atoms with Crippen molar-refractivity contribution < 1.29 is 4.39 Å². The number of halogens is 3. The van der Waals surface area contributed by atoms with Crippen LogP contribution in [0.1, 0.15) is 12.0 Å². The van der Waals surface area contributed by atoms with E-state index < -0.39 is 0 Å². The Bertz CT molecular complexity index is 255. The maximum Gasteiger partial charge on any atom is 0.123 e. The molecule has 0 radical (unpaired) electrons. The molecule has 0 heterocycles. The van der Waals surface area contributed by atoms with Gasteiger partial charge < -0.3 is 10.6 Å². The van der Waals surface area contributed by atoms with Gasteiger partial charge in [-0.2, -0.15) is 0 Å². The Morgan fingerprint density at radius 2 is 1.69 bits per heavy atom. The van der Waals surface area contributed by atoms with Crippen LogP contribution in [-0.4, -0.2) is 20.1 Å². The van der Waals surface area contributed by atoms with Crippen molar-refractivity contribution >= 4 is 24.8 Å². The topological polar surface area (TPSA) is 24.1 Å². The van der Waals surface area contributed by atoms with Gasteiger partial charge in [0.25, 0.3) is 0 Å². The summed E-state index contributed by atoms with van der Waals surface area (Å²) in [5.41, 5.74) is 1.12. The Morgan fingerprint density at radius 1 is 1.06 bits per heavy atom. The molecule has 5 heteroatoms. The summed E-state index contributed by atoms with van der Waals surface area (Å²) in [5, 5.41) is 6.38. The molecule has 1 aromatic carbocycles. The quantitative estimate of drug-likeness (QED) is 0.775. The molecule has 0 saturated heterocycles. The first-order chi connectivity index (χ1) is 6.83. The van der Waals surface area contributed by atoms with Gasteiger partial charge in [0.15, 0.2) is 0 Å². The molecule has 0 fully saturated rings. The maximum atomic E-state index is 12.5. The molecule has 0 aliphatic carbocycles. The van der Waals surface area contributed by atoms with E-state index in [0.29, 0.717) is 0 Å². The standard InChI is InChI=1S/C11H17FN2.2ClH/c1-13-7-2-8-14-9-10-3-5-11(12)6-4-10;;/h3-6,13-14H,2,7-9H2,1H3;2*1H. The van der Waals surface area contributed by atoms with E-state index in [0.717, 1.165) is 31.6 Å². The highest BCUT2D eigenvalue weighted by Crippen LogP contribution is 2.01. The van der Waals surface area contributed by atoms with E-state index in [2.05, 4.69) is 10.6 Å². The molecule has 0 atom stereocenters. The Hall–Kier alpha value is -0.350. The maximum absolute atomic E-state index is 12.5. The van der Waals surface area contributed by atoms with E-state index in [1.807, 2.05) is 7.05 Å². The number of rotatable bonds is 6. The van der Waals surface area contributed by atoms with Crippen LogP contribution in [-0.2, 0) is 6.54 Å². The van der Waals surface area contributed by atoms with Gasteiger partial charge in [-0.3, -0.25) is 0 Å². The summed E-state index contributed by atoms with van der Waals surface area (Å²) in [5.74, 6) is -0.177. The molecule has 0 amide bonds. The molecule has 1 aromatic rings. The smallest absolute Gasteiger partial charge is 0.123 e. The van der Waals surface area contributed by atoms with Crippen molar-refractivity contribution in [1.29, 1.82) is 0 Å². The third kappa shape index (κ3) is 7.88. The van der Waals surface area contributed by atoms with E-state index in [-0.39, 0.29) is 30.6 Å². The lowest BCUT2D eigenvalue weighted by Crippen LogP contribution is -2.19. The van der Waals surface area contributed by atoms with Crippen molar-refractivity contribution in [3.63, 3.8) is 0 Å². The minimum atomic E-state index is -0.177. The predicted molar refractivity (Wildman–Crippen MR) is 71.1 cm³/mol. The normalized spacial score (nSPS) is 9.12.